The average molecular weight is 893 g/mol. The maximum Gasteiger partial charge on any atom is 0.403 e. The Balaban J connectivity index is 1.58. The van der Waals surface area contributed by atoms with Gasteiger partial charge < -0.3 is 36.0 Å². The molecule has 0 spiro atoms. The van der Waals surface area contributed by atoms with Crippen molar-refractivity contribution in [2.45, 2.75) is 134 Å². The van der Waals surface area contributed by atoms with Crippen LogP contribution in [-0.2, 0) is 40.0 Å². The zero-order chi connectivity index (χ0) is 44.9. The van der Waals surface area contributed by atoms with E-state index in [2.05, 4.69) is 21.3 Å². The van der Waals surface area contributed by atoms with E-state index in [9.17, 15) is 51.1 Å². The summed E-state index contributed by atoms with van der Waals surface area (Å²) in [6.07, 6.45) is -7.32. The summed E-state index contributed by atoms with van der Waals surface area (Å²) in [4.78, 5) is 98.8. The molecule has 1 saturated carbocycles. The fourth-order valence-electron chi connectivity index (χ4n) is 7.89. The minimum absolute atomic E-state index is 0.0409. The van der Waals surface area contributed by atoms with Crippen LogP contribution in [0.2, 0.25) is 10.0 Å². The fourth-order valence-corrected chi connectivity index (χ4v) is 8.28. The van der Waals surface area contributed by atoms with Crippen molar-refractivity contribution in [3.8, 4) is 0 Å². The number of carbonyl (C=O) groups excluding carboxylic acids is 7. The van der Waals surface area contributed by atoms with Crippen molar-refractivity contribution in [3.05, 3.63) is 33.8 Å². The lowest BCUT2D eigenvalue weighted by molar-refractivity contribution is -0.248. The van der Waals surface area contributed by atoms with E-state index in [0.717, 1.165) is 4.90 Å². The van der Waals surface area contributed by atoms with Gasteiger partial charge in [0.25, 0.3) is 0 Å². The van der Waals surface area contributed by atoms with E-state index < -0.39 is 121 Å². The number of rotatable bonds is 9. The number of nitrogens with one attached hydrogen (secondary N) is 4. The van der Waals surface area contributed by atoms with E-state index in [4.69, 9.17) is 23.2 Å². The molecule has 1 aromatic carbocycles. The number of hydrogen-bond donors (Lipinski definition) is 4. The lowest BCUT2D eigenvalue weighted by Crippen LogP contribution is -2.61. The van der Waals surface area contributed by atoms with Crippen LogP contribution >= 0.6 is 23.2 Å². The van der Waals surface area contributed by atoms with E-state index in [1.165, 1.54) is 32.8 Å². The van der Waals surface area contributed by atoms with Gasteiger partial charge in [-0.1, -0.05) is 43.5 Å². The predicted octanol–water partition coefficient (Wildman–Crippen LogP) is 3.70. The average Bonchev–Trinajstić information content (AvgIpc) is 3.54. The molecule has 3 aliphatic rings. The van der Waals surface area contributed by atoms with Crippen LogP contribution in [0.25, 0.3) is 0 Å². The highest BCUT2D eigenvalue weighted by Gasteiger charge is 2.65. The smallest absolute Gasteiger partial charge is 0.354 e. The van der Waals surface area contributed by atoms with Gasteiger partial charge >= 0.3 is 6.18 Å². The van der Waals surface area contributed by atoms with Gasteiger partial charge in [0.05, 0.1) is 6.54 Å². The first kappa shape index (κ1) is 48.5. The second-order valence-electron chi connectivity index (χ2n) is 16.5. The molecule has 334 valence electrons. The lowest BCUT2D eigenvalue weighted by atomic mass is 9.67. The molecule has 0 radical (unpaired) electrons. The van der Waals surface area contributed by atoms with Gasteiger partial charge in [-0.15, -0.1) is 0 Å². The molecule has 0 unspecified atom stereocenters. The fraction of sp³-hybridized carbons (Fsp3) is 0.675. The molecule has 7 atom stereocenters. The number of amides is 7. The third kappa shape index (κ3) is 11.2. The SMILES string of the molecule is CC(C)C[C@@H]1NC(=O)[C@@H](N(C)C(=O)[C@H](C)NC(=O)[C@@H]2C[C@@H](F)CN2C(=O)C2(C(F)(F)F)CCC2)CCCCNC(=O)[C@@H](C)NC(=O)[C@H](Cc2cc(Cl)ccc2Cl)N(C)C1=O. The third-order valence-corrected chi connectivity index (χ3v) is 12.2. The molecular weight excluding hydrogens is 837 g/mol. The van der Waals surface area contributed by atoms with Crippen molar-refractivity contribution < 1.29 is 51.1 Å². The second kappa shape index (κ2) is 20.1. The Bertz CT molecular complexity index is 1800. The van der Waals surface area contributed by atoms with Crippen molar-refractivity contribution >= 4 is 64.6 Å². The summed E-state index contributed by atoms with van der Waals surface area (Å²) in [6.45, 7) is 5.87. The van der Waals surface area contributed by atoms with Crippen LogP contribution < -0.4 is 21.3 Å². The number of likely N-dealkylation sites (tertiary alicyclic amines) is 1. The van der Waals surface area contributed by atoms with Crippen molar-refractivity contribution in [1.82, 2.24) is 36.0 Å². The molecule has 3 fully saturated rings. The summed E-state index contributed by atoms with van der Waals surface area (Å²) in [6, 6.07) is -2.98. The van der Waals surface area contributed by atoms with Crippen molar-refractivity contribution in [3.63, 3.8) is 0 Å². The number of alkyl halides is 4. The van der Waals surface area contributed by atoms with Gasteiger partial charge in [0.2, 0.25) is 41.4 Å². The van der Waals surface area contributed by atoms with Crippen LogP contribution in [0.3, 0.4) is 0 Å². The number of halogens is 6. The largest absolute Gasteiger partial charge is 0.403 e. The number of nitrogens with zero attached hydrogens (tertiary/aromatic N) is 3. The summed E-state index contributed by atoms with van der Waals surface area (Å²) in [5.41, 5.74) is -2.25. The molecule has 2 saturated heterocycles. The topological polar surface area (TPSA) is 177 Å². The Hall–Kier alpha value is -4.19. The van der Waals surface area contributed by atoms with E-state index in [-0.39, 0.29) is 43.2 Å². The Morgan fingerprint density at radius 3 is 2.27 bits per heavy atom. The third-order valence-electron chi connectivity index (χ3n) is 11.6. The highest BCUT2D eigenvalue weighted by Crippen LogP contribution is 2.54. The van der Waals surface area contributed by atoms with E-state index in [0.29, 0.717) is 28.3 Å². The molecule has 4 rings (SSSR count). The molecule has 14 nitrogen and oxygen atoms in total. The van der Waals surface area contributed by atoms with E-state index in [1.54, 1.807) is 18.2 Å². The van der Waals surface area contributed by atoms with Crippen LogP contribution in [0.5, 0.6) is 0 Å². The van der Waals surface area contributed by atoms with Gasteiger partial charge in [-0.05, 0) is 82.1 Å². The Kier molecular flexibility index (Phi) is 16.3. The first-order chi connectivity index (χ1) is 28.0. The molecule has 2 heterocycles. The highest BCUT2D eigenvalue weighted by atomic mass is 35.5. The quantitative estimate of drug-likeness (QED) is 0.274. The van der Waals surface area contributed by atoms with Crippen molar-refractivity contribution in [2.75, 3.05) is 27.2 Å². The van der Waals surface area contributed by atoms with Gasteiger partial charge in [-0.25, -0.2) is 4.39 Å². The molecule has 60 heavy (non-hydrogen) atoms. The first-order valence-corrected chi connectivity index (χ1v) is 20.9. The maximum atomic E-state index is 14.7. The molecule has 0 bridgehead atoms. The molecule has 20 heteroatoms. The molecule has 0 aromatic heterocycles. The number of hydrogen-bond acceptors (Lipinski definition) is 7. The minimum atomic E-state index is -4.89. The summed E-state index contributed by atoms with van der Waals surface area (Å²) in [7, 11) is 2.69. The molecular formula is C40H55Cl2F4N7O7. The van der Waals surface area contributed by atoms with Crippen LogP contribution in [0.4, 0.5) is 17.6 Å². The zero-order valence-corrected chi connectivity index (χ0v) is 36.1. The maximum absolute atomic E-state index is 14.7. The van der Waals surface area contributed by atoms with Crippen molar-refractivity contribution in [1.29, 1.82) is 0 Å². The van der Waals surface area contributed by atoms with Crippen LogP contribution in [0, 0.1) is 11.3 Å². The van der Waals surface area contributed by atoms with E-state index >= 15 is 0 Å². The highest BCUT2D eigenvalue weighted by molar-refractivity contribution is 6.33. The van der Waals surface area contributed by atoms with Gasteiger partial charge in [0.1, 0.15) is 47.8 Å². The van der Waals surface area contributed by atoms with E-state index in [1.807, 2.05) is 13.8 Å². The number of likely N-dealkylation sites (N-methyl/N-ethyl adjacent to an activating group) is 2. The lowest BCUT2D eigenvalue weighted by Gasteiger charge is -2.44. The van der Waals surface area contributed by atoms with Gasteiger partial charge in [0.15, 0.2) is 0 Å². The van der Waals surface area contributed by atoms with Crippen molar-refractivity contribution in [2.24, 2.45) is 11.3 Å². The molecule has 2 aliphatic heterocycles. The first-order valence-electron chi connectivity index (χ1n) is 20.2. The summed E-state index contributed by atoms with van der Waals surface area (Å²) < 4.78 is 56.7. The summed E-state index contributed by atoms with van der Waals surface area (Å²) in [5, 5.41) is 11.2. The number of benzene rings is 1. The predicted molar refractivity (Wildman–Crippen MR) is 214 cm³/mol. The Morgan fingerprint density at radius 2 is 1.67 bits per heavy atom. The standard InChI is InChI=1S/C40H55Cl2F4N7O7/c1-21(2)16-28-37(59)52(6)30(18-24-17-25(41)11-12-27(24)42)34(56)48-22(3)32(54)47-15-8-7-10-29(33(55)50-28)51(5)36(58)23(4)49-35(57)31-19-26(43)20-53(31)38(60)39(13-9-14-39)40(44,45)46/h11-12,17,21-23,26,28-31H,7-10,13-16,18-20H2,1-6H3,(H,47,54)(H,48,56)(H,49,57)(H,50,55)/t22-,23+,26-,28+,29+,30+,31+/m1/s1. The monoisotopic (exact) mass is 891 g/mol. The van der Waals surface area contributed by atoms with Crippen LogP contribution in [-0.4, -0.2) is 132 Å². The normalized spacial score (nSPS) is 26.4. The molecule has 1 aromatic rings. The Labute approximate surface area is 357 Å². The molecule has 7 amide bonds. The second-order valence-corrected chi connectivity index (χ2v) is 17.4. The van der Waals surface area contributed by atoms with Gasteiger partial charge in [0, 0.05) is 43.5 Å². The van der Waals surface area contributed by atoms with Crippen LogP contribution in [0.15, 0.2) is 18.2 Å². The zero-order valence-electron chi connectivity index (χ0n) is 34.6. The molecule has 4 N–H and O–H groups in total. The van der Waals surface area contributed by atoms with Crippen LogP contribution in [0.1, 0.15) is 84.6 Å². The van der Waals surface area contributed by atoms with Gasteiger partial charge in [-0.2, -0.15) is 13.2 Å². The number of carbonyl (C=O) groups is 7. The van der Waals surface area contributed by atoms with Gasteiger partial charge in [-0.3, -0.25) is 33.6 Å². The summed E-state index contributed by atoms with van der Waals surface area (Å²) in [5.74, 6) is -5.89. The minimum Gasteiger partial charge on any atom is -0.354 e. The summed E-state index contributed by atoms with van der Waals surface area (Å²) >= 11 is 12.7. The Morgan fingerprint density at radius 1 is 1.00 bits per heavy atom. The molecule has 1 aliphatic carbocycles.